The number of benzene rings is 9. The molecule has 55 heavy (non-hydrogen) atoms. The Labute approximate surface area is 324 Å². The van der Waals surface area contributed by atoms with Crippen LogP contribution in [0.1, 0.15) is 51.7 Å². The maximum absolute atomic E-state index is 2.50. The van der Waals surface area contributed by atoms with Gasteiger partial charge < -0.3 is 4.90 Å². The summed E-state index contributed by atoms with van der Waals surface area (Å²) in [6.45, 7) is 9.67. The van der Waals surface area contributed by atoms with E-state index in [1.54, 1.807) is 0 Å². The van der Waals surface area contributed by atoms with Gasteiger partial charge in [0, 0.05) is 16.8 Å². The largest absolute Gasteiger partial charge is 0.309 e. The highest BCUT2D eigenvalue weighted by atomic mass is 15.1. The zero-order valence-electron chi connectivity index (χ0n) is 32.1. The third kappa shape index (κ3) is 5.52. The Balaban J connectivity index is 1.23. The van der Waals surface area contributed by atoms with E-state index in [4.69, 9.17) is 0 Å². The summed E-state index contributed by atoms with van der Waals surface area (Å²) in [4.78, 5) is 2.49. The summed E-state index contributed by atoms with van der Waals surface area (Å²) in [5.74, 6) is 0. The molecule has 0 spiro atoms. The Kier molecular flexibility index (Phi) is 7.72. The van der Waals surface area contributed by atoms with Crippen LogP contribution in [0.25, 0.3) is 65.3 Å². The fraction of sp³-hybridized carbons (Fsp3) is 0.148. The smallest absolute Gasteiger partial charge is 0.0540 e. The first-order chi connectivity index (χ1) is 26.8. The first-order valence-corrected chi connectivity index (χ1v) is 19.7. The third-order valence-corrected chi connectivity index (χ3v) is 12.5. The summed E-state index contributed by atoms with van der Waals surface area (Å²) in [6.07, 6.45) is 2.42. The topological polar surface area (TPSA) is 3.24 Å². The van der Waals surface area contributed by atoms with E-state index in [-0.39, 0.29) is 10.8 Å². The van der Waals surface area contributed by atoms with Crippen LogP contribution in [-0.4, -0.2) is 0 Å². The van der Waals surface area contributed by atoms with Gasteiger partial charge in [-0.05, 0) is 119 Å². The molecule has 1 aliphatic rings. The van der Waals surface area contributed by atoms with Crippen molar-refractivity contribution in [1.82, 2.24) is 0 Å². The highest BCUT2D eigenvalue weighted by Gasteiger charge is 2.37. The van der Waals surface area contributed by atoms with Crippen LogP contribution in [0.15, 0.2) is 176 Å². The van der Waals surface area contributed by atoms with Crippen molar-refractivity contribution in [2.45, 2.75) is 51.4 Å². The molecule has 0 aliphatic heterocycles. The van der Waals surface area contributed by atoms with Gasteiger partial charge in [0.2, 0.25) is 0 Å². The molecule has 9 aromatic carbocycles. The van der Waals surface area contributed by atoms with E-state index in [0.717, 1.165) is 17.1 Å². The minimum absolute atomic E-state index is 0.149. The lowest BCUT2D eigenvalue weighted by Crippen LogP contribution is -2.33. The zero-order chi connectivity index (χ0) is 37.3. The maximum atomic E-state index is 2.50. The van der Waals surface area contributed by atoms with Crippen molar-refractivity contribution in [2.24, 2.45) is 0 Å². The van der Waals surface area contributed by atoms with E-state index in [9.17, 15) is 0 Å². The molecule has 266 valence electrons. The fourth-order valence-electron chi connectivity index (χ4n) is 9.37. The number of nitrogens with zero attached hydrogens (tertiary/aromatic N) is 1. The van der Waals surface area contributed by atoms with Gasteiger partial charge in [-0.3, -0.25) is 0 Å². The lowest BCUT2D eigenvalue weighted by molar-refractivity contribution is 0.332. The van der Waals surface area contributed by atoms with Gasteiger partial charge in [-0.2, -0.15) is 0 Å². The lowest BCUT2D eigenvalue weighted by atomic mass is 9.63. The van der Waals surface area contributed by atoms with Gasteiger partial charge in [0.15, 0.2) is 0 Å². The van der Waals surface area contributed by atoms with Crippen LogP contribution < -0.4 is 4.90 Å². The van der Waals surface area contributed by atoms with Gasteiger partial charge in [-0.1, -0.05) is 173 Å². The van der Waals surface area contributed by atoms with Gasteiger partial charge in [-0.15, -0.1) is 0 Å². The van der Waals surface area contributed by atoms with E-state index < -0.39 is 0 Å². The summed E-state index contributed by atoms with van der Waals surface area (Å²) in [6, 6.07) is 65.4. The van der Waals surface area contributed by atoms with Crippen molar-refractivity contribution in [1.29, 1.82) is 0 Å². The Morgan fingerprint density at radius 2 is 0.836 bits per heavy atom. The normalized spacial score (nSPS) is 14.7. The van der Waals surface area contributed by atoms with Crippen molar-refractivity contribution in [3.05, 3.63) is 187 Å². The van der Waals surface area contributed by atoms with Crippen LogP contribution in [0.5, 0.6) is 0 Å². The molecular weight excluding hydrogens is 663 g/mol. The monoisotopic (exact) mass is 707 g/mol. The van der Waals surface area contributed by atoms with Crippen LogP contribution in [0.3, 0.4) is 0 Å². The molecular formula is C54H45N. The molecule has 0 fully saturated rings. The van der Waals surface area contributed by atoms with Crippen molar-refractivity contribution in [2.75, 3.05) is 4.90 Å². The standard InChI is InChI=1S/C54H45N/c1-53(2)30-31-54(3,4)50-34-39-32-38(27-26-37(39)33-49(50)53)42-19-13-15-25-52(42)55(51-24-14-12-18-41(51)36-16-6-5-7-17-36)40-28-29-47-45-22-9-8-20-43(45)44-21-10-11-23-46(44)48(47)35-40/h5-29,32-35H,30-31H2,1-4H3. The number of hydrogen-bond donors (Lipinski definition) is 0. The Bertz CT molecular complexity index is 2900. The molecule has 0 aromatic heterocycles. The Hall–Kier alpha value is -6.18. The van der Waals surface area contributed by atoms with Gasteiger partial charge >= 0.3 is 0 Å². The Morgan fingerprint density at radius 1 is 0.364 bits per heavy atom. The lowest BCUT2D eigenvalue weighted by Gasteiger charge is -2.42. The molecule has 0 unspecified atom stereocenters. The molecule has 9 aromatic rings. The van der Waals surface area contributed by atoms with Crippen LogP contribution in [0.4, 0.5) is 17.1 Å². The van der Waals surface area contributed by atoms with Gasteiger partial charge in [0.05, 0.1) is 11.4 Å². The zero-order valence-corrected chi connectivity index (χ0v) is 32.1. The van der Waals surface area contributed by atoms with Crippen LogP contribution in [-0.2, 0) is 10.8 Å². The second-order valence-corrected chi connectivity index (χ2v) is 16.8. The molecule has 0 atom stereocenters. The Morgan fingerprint density at radius 3 is 1.44 bits per heavy atom. The molecule has 10 rings (SSSR count). The average Bonchev–Trinajstić information content (AvgIpc) is 3.23. The molecule has 1 aliphatic carbocycles. The van der Waals surface area contributed by atoms with Crippen molar-refractivity contribution >= 4 is 60.2 Å². The van der Waals surface area contributed by atoms with Crippen LogP contribution >= 0.6 is 0 Å². The molecule has 1 nitrogen and oxygen atoms in total. The summed E-state index contributed by atoms with van der Waals surface area (Å²) in [5, 5.41) is 10.3. The van der Waals surface area contributed by atoms with E-state index in [0.29, 0.717) is 0 Å². The van der Waals surface area contributed by atoms with Crippen LogP contribution in [0, 0.1) is 0 Å². The molecule has 0 bridgehead atoms. The van der Waals surface area contributed by atoms with Gasteiger partial charge in [0.1, 0.15) is 0 Å². The third-order valence-electron chi connectivity index (χ3n) is 12.5. The molecule has 0 amide bonds. The number of hydrogen-bond acceptors (Lipinski definition) is 1. The van der Waals surface area contributed by atoms with Crippen molar-refractivity contribution in [3.8, 4) is 22.3 Å². The maximum Gasteiger partial charge on any atom is 0.0540 e. The summed E-state index contributed by atoms with van der Waals surface area (Å²) >= 11 is 0. The fourth-order valence-corrected chi connectivity index (χ4v) is 9.37. The number of anilines is 3. The van der Waals surface area contributed by atoms with Crippen molar-refractivity contribution < 1.29 is 0 Å². The number of para-hydroxylation sites is 2. The number of fused-ring (bicyclic) bond motifs is 8. The highest BCUT2D eigenvalue weighted by Crippen LogP contribution is 2.49. The predicted molar refractivity (Wildman–Crippen MR) is 237 cm³/mol. The van der Waals surface area contributed by atoms with Gasteiger partial charge in [-0.25, -0.2) is 0 Å². The first kappa shape index (κ1) is 33.4. The SMILES string of the molecule is CC1(C)CCC(C)(C)c2cc3cc(-c4ccccc4N(c4ccc5c6ccccc6c6ccccc6c5c4)c4ccccc4-c4ccccc4)ccc3cc21. The summed E-state index contributed by atoms with van der Waals surface area (Å²) in [5.41, 5.74) is 11.5. The van der Waals surface area contributed by atoms with E-state index in [1.807, 2.05) is 0 Å². The minimum Gasteiger partial charge on any atom is -0.309 e. The first-order valence-electron chi connectivity index (χ1n) is 19.7. The van der Waals surface area contributed by atoms with Gasteiger partial charge in [0.25, 0.3) is 0 Å². The molecule has 0 saturated carbocycles. The molecule has 0 radical (unpaired) electrons. The summed E-state index contributed by atoms with van der Waals surface area (Å²) < 4.78 is 0. The van der Waals surface area contributed by atoms with E-state index >= 15 is 0 Å². The second-order valence-electron chi connectivity index (χ2n) is 16.8. The van der Waals surface area contributed by atoms with Crippen LogP contribution in [0.2, 0.25) is 0 Å². The average molecular weight is 708 g/mol. The van der Waals surface area contributed by atoms with E-state index in [1.165, 1.54) is 89.3 Å². The summed E-state index contributed by atoms with van der Waals surface area (Å²) in [7, 11) is 0. The number of rotatable bonds is 5. The quantitative estimate of drug-likeness (QED) is 0.161. The molecule has 0 saturated heterocycles. The molecule has 1 heteroatoms. The molecule has 0 N–H and O–H groups in total. The van der Waals surface area contributed by atoms with Crippen molar-refractivity contribution in [3.63, 3.8) is 0 Å². The molecule has 0 heterocycles. The minimum atomic E-state index is 0.149. The predicted octanol–water partition coefficient (Wildman–Crippen LogP) is 15.5. The highest BCUT2D eigenvalue weighted by molar-refractivity contribution is 6.26. The van der Waals surface area contributed by atoms with E-state index in [2.05, 4.69) is 209 Å². The second kappa shape index (κ2) is 12.7.